The number of benzene rings is 3. The zero-order valence-electron chi connectivity index (χ0n) is 15.5. The number of hydrogen-bond acceptors (Lipinski definition) is 4. The summed E-state index contributed by atoms with van der Waals surface area (Å²) >= 11 is 0. The Morgan fingerprint density at radius 3 is 2.46 bits per heavy atom. The van der Waals surface area contributed by atoms with Gasteiger partial charge in [-0.2, -0.15) is 0 Å². The van der Waals surface area contributed by atoms with Gasteiger partial charge in [0.15, 0.2) is 5.70 Å². The number of nitrogens with zero attached hydrogens (tertiary/aromatic N) is 1. The van der Waals surface area contributed by atoms with Gasteiger partial charge in [-0.3, -0.25) is 0 Å². The third kappa shape index (κ3) is 3.86. The van der Waals surface area contributed by atoms with Crippen molar-refractivity contribution in [3.63, 3.8) is 0 Å². The second kappa shape index (κ2) is 7.92. The van der Waals surface area contributed by atoms with Crippen LogP contribution in [0.4, 0.5) is 0 Å². The van der Waals surface area contributed by atoms with Gasteiger partial charge in [-0.1, -0.05) is 66.7 Å². The molecular formula is C24H19NO3. The van der Waals surface area contributed by atoms with E-state index in [0.717, 1.165) is 22.3 Å². The predicted molar refractivity (Wildman–Crippen MR) is 109 cm³/mol. The summed E-state index contributed by atoms with van der Waals surface area (Å²) in [7, 11) is 0. The normalized spacial score (nSPS) is 14.7. The van der Waals surface area contributed by atoms with Crippen LogP contribution >= 0.6 is 0 Å². The zero-order chi connectivity index (χ0) is 19.3. The molecule has 0 bridgehead atoms. The quantitative estimate of drug-likeness (QED) is 0.474. The molecule has 3 aromatic carbocycles. The molecule has 0 saturated carbocycles. The number of aliphatic imine (C=N–C) groups is 1. The molecule has 0 spiro atoms. The van der Waals surface area contributed by atoms with Gasteiger partial charge in [0.1, 0.15) is 12.4 Å². The van der Waals surface area contributed by atoms with E-state index in [2.05, 4.69) is 4.99 Å². The molecule has 4 nitrogen and oxygen atoms in total. The lowest BCUT2D eigenvalue weighted by Gasteiger charge is -2.09. The maximum atomic E-state index is 12.3. The Balaban J connectivity index is 1.60. The van der Waals surface area contributed by atoms with E-state index in [4.69, 9.17) is 9.47 Å². The summed E-state index contributed by atoms with van der Waals surface area (Å²) in [6.45, 7) is 2.41. The smallest absolute Gasteiger partial charge is 0.363 e. The lowest BCUT2D eigenvalue weighted by atomic mass is 10.1. The van der Waals surface area contributed by atoms with Crippen molar-refractivity contribution >= 4 is 17.9 Å². The maximum absolute atomic E-state index is 12.3. The molecule has 4 heteroatoms. The third-order valence-electron chi connectivity index (χ3n) is 4.44. The number of hydrogen-bond donors (Lipinski definition) is 0. The first kappa shape index (κ1) is 17.7. The summed E-state index contributed by atoms with van der Waals surface area (Å²) in [5.41, 5.74) is 3.93. The highest BCUT2D eigenvalue weighted by Gasteiger charge is 2.25. The molecule has 0 aliphatic carbocycles. The summed E-state index contributed by atoms with van der Waals surface area (Å²) in [6, 6.07) is 25.2. The second-order valence-corrected chi connectivity index (χ2v) is 6.46. The number of cyclic esters (lactones) is 1. The molecule has 0 fully saturated rings. The van der Waals surface area contributed by atoms with Gasteiger partial charge in [-0.25, -0.2) is 9.79 Å². The van der Waals surface area contributed by atoms with Crippen molar-refractivity contribution in [2.45, 2.75) is 13.5 Å². The Morgan fingerprint density at radius 1 is 0.929 bits per heavy atom. The largest absolute Gasteiger partial charge is 0.488 e. The lowest BCUT2D eigenvalue weighted by Crippen LogP contribution is -2.06. The second-order valence-electron chi connectivity index (χ2n) is 6.46. The fraction of sp³-hybridized carbons (Fsp3) is 0.0833. The van der Waals surface area contributed by atoms with Crippen LogP contribution in [-0.4, -0.2) is 11.9 Å². The highest BCUT2D eigenvalue weighted by Crippen LogP contribution is 2.26. The fourth-order valence-corrected chi connectivity index (χ4v) is 2.95. The number of rotatable bonds is 5. The van der Waals surface area contributed by atoms with Gasteiger partial charge in [0, 0.05) is 11.1 Å². The number of carbonyl (C=O) groups is 1. The molecule has 0 aromatic heterocycles. The first-order chi connectivity index (χ1) is 13.7. The average molecular weight is 369 g/mol. The van der Waals surface area contributed by atoms with Crippen LogP contribution in [0, 0.1) is 6.92 Å². The van der Waals surface area contributed by atoms with Crippen molar-refractivity contribution in [2.24, 2.45) is 4.99 Å². The lowest BCUT2D eigenvalue weighted by molar-refractivity contribution is -0.129. The van der Waals surface area contributed by atoms with E-state index >= 15 is 0 Å². The molecule has 3 aromatic rings. The number of esters is 1. The Kier molecular flexibility index (Phi) is 5.02. The van der Waals surface area contributed by atoms with E-state index in [0.29, 0.717) is 18.3 Å². The fourth-order valence-electron chi connectivity index (χ4n) is 2.95. The minimum absolute atomic E-state index is 0.258. The average Bonchev–Trinajstić information content (AvgIpc) is 3.08. The minimum Gasteiger partial charge on any atom is -0.488 e. The first-order valence-electron chi connectivity index (χ1n) is 9.05. The highest BCUT2D eigenvalue weighted by atomic mass is 16.6. The van der Waals surface area contributed by atoms with Gasteiger partial charge in [-0.15, -0.1) is 0 Å². The topological polar surface area (TPSA) is 47.9 Å². The van der Waals surface area contributed by atoms with Crippen LogP contribution in [0.15, 0.2) is 89.6 Å². The summed E-state index contributed by atoms with van der Waals surface area (Å²) in [5, 5.41) is 0. The van der Waals surface area contributed by atoms with Crippen molar-refractivity contribution in [1.82, 2.24) is 0 Å². The Hall–Kier alpha value is -3.66. The summed E-state index contributed by atoms with van der Waals surface area (Å²) in [6.07, 6.45) is 1.70. The number of para-hydroxylation sites is 1. The molecular weight excluding hydrogens is 350 g/mol. The zero-order valence-corrected chi connectivity index (χ0v) is 15.5. The molecule has 0 amide bonds. The molecule has 138 valence electrons. The first-order valence-corrected chi connectivity index (χ1v) is 9.05. The molecule has 1 aliphatic heterocycles. The molecule has 1 heterocycles. The molecule has 28 heavy (non-hydrogen) atoms. The van der Waals surface area contributed by atoms with Crippen molar-refractivity contribution in [1.29, 1.82) is 0 Å². The van der Waals surface area contributed by atoms with E-state index < -0.39 is 5.97 Å². The van der Waals surface area contributed by atoms with Crippen molar-refractivity contribution in [3.05, 3.63) is 107 Å². The minimum atomic E-state index is -0.462. The van der Waals surface area contributed by atoms with Crippen LogP contribution in [0.3, 0.4) is 0 Å². The van der Waals surface area contributed by atoms with E-state index in [1.54, 1.807) is 6.08 Å². The Labute approximate surface area is 163 Å². The van der Waals surface area contributed by atoms with Crippen LogP contribution in [0.1, 0.15) is 22.3 Å². The van der Waals surface area contributed by atoms with Crippen LogP contribution in [0.25, 0.3) is 6.08 Å². The van der Waals surface area contributed by atoms with Gasteiger partial charge >= 0.3 is 5.97 Å². The Bertz CT molecular complexity index is 1070. The molecule has 0 atom stereocenters. The van der Waals surface area contributed by atoms with Gasteiger partial charge < -0.3 is 9.47 Å². The van der Waals surface area contributed by atoms with Crippen LogP contribution in [0.2, 0.25) is 0 Å². The molecule has 0 radical (unpaired) electrons. The van der Waals surface area contributed by atoms with Gasteiger partial charge in [0.05, 0.1) is 0 Å². The standard InChI is InChI=1S/C24H19NO3/c1-17-9-5-7-13-20(17)23-25-21(24(26)28-23)15-19-12-6-8-14-22(19)27-16-18-10-3-2-4-11-18/h2-15H,16H2,1H3. The van der Waals surface area contributed by atoms with E-state index in [9.17, 15) is 4.79 Å². The molecule has 0 saturated heterocycles. The van der Waals surface area contributed by atoms with E-state index in [1.165, 1.54) is 0 Å². The Morgan fingerprint density at radius 2 is 1.64 bits per heavy atom. The van der Waals surface area contributed by atoms with E-state index in [-0.39, 0.29) is 5.70 Å². The summed E-state index contributed by atoms with van der Waals surface area (Å²) in [5.74, 6) is 0.555. The maximum Gasteiger partial charge on any atom is 0.363 e. The number of ether oxygens (including phenoxy) is 2. The SMILES string of the molecule is Cc1ccccc1C1=NC(=Cc2ccccc2OCc2ccccc2)C(=O)O1. The molecule has 1 aliphatic rings. The third-order valence-corrected chi connectivity index (χ3v) is 4.44. The number of aryl methyl sites for hydroxylation is 1. The van der Waals surface area contributed by atoms with Crippen LogP contribution < -0.4 is 4.74 Å². The van der Waals surface area contributed by atoms with E-state index in [1.807, 2.05) is 85.8 Å². The summed E-state index contributed by atoms with van der Waals surface area (Å²) in [4.78, 5) is 16.7. The van der Waals surface area contributed by atoms with Gasteiger partial charge in [-0.05, 0) is 36.3 Å². The molecule has 4 rings (SSSR count). The summed E-state index contributed by atoms with van der Waals surface area (Å²) < 4.78 is 11.3. The molecule has 0 unspecified atom stereocenters. The number of carbonyl (C=O) groups excluding carboxylic acids is 1. The van der Waals surface area contributed by atoms with Crippen LogP contribution in [0.5, 0.6) is 5.75 Å². The van der Waals surface area contributed by atoms with Crippen molar-refractivity contribution in [2.75, 3.05) is 0 Å². The van der Waals surface area contributed by atoms with Crippen molar-refractivity contribution < 1.29 is 14.3 Å². The van der Waals surface area contributed by atoms with Crippen LogP contribution in [-0.2, 0) is 16.1 Å². The molecule has 0 N–H and O–H groups in total. The van der Waals surface area contributed by atoms with Gasteiger partial charge in [0.25, 0.3) is 0 Å². The van der Waals surface area contributed by atoms with Gasteiger partial charge in [0.2, 0.25) is 5.90 Å². The highest BCUT2D eigenvalue weighted by molar-refractivity contribution is 6.13. The van der Waals surface area contributed by atoms with Crippen molar-refractivity contribution in [3.8, 4) is 5.75 Å². The monoisotopic (exact) mass is 369 g/mol. The predicted octanol–water partition coefficient (Wildman–Crippen LogP) is 4.92.